The zero-order valence-corrected chi connectivity index (χ0v) is 18.5. The molecular formula is C21H20FN5O5S. The summed E-state index contributed by atoms with van der Waals surface area (Å²) in [6.07, 6.45) is 0. The van der Waals surface area contributed by atoms with Crippen LogP contribution in [0.1, 0.15) is 0 Å². The van der Waals surface area contributed by atoms with Crippen LogP contribution in [0.15, 0.2) is 59.5 Å². The molecule has 0 atom stereocenters. The van der Waals surface area contributed by atoms with E-state index in [2.05, 4.69) is 20.0 Å². The fraction of sp³-hybridized carbons (Fsp3) is 0.190. The fourth-order valence-corrected chi connectivity index (χ4v) is 4.25. The number of methoxy groups -OCH3 is 2. The van der Waals surface area contributed by atoms with Gasteiger partial charge in [0.25, 0.3) is 0 Å². The van der Waals surface area contributed by atoms with Gasteiger partial charge in [-0.05, 0) is 36.4 Å². The lowest BCUT2D eigenvalue weighted by molar-refractivity contribution is 0.305. The Balaban J connectivity index is 1.45. The first-order valence-electron chi connectivity index (χ1n) is 9.74. The van der Waals surface area contributed by atoms with Gasteiger partial charge in [-0.25, -0.2) is 17.5 Å². The molecule has 1 N–H and O–H groups in total. The van der Waals surface area contributed by atoms with E-state index < -0.39 is 15.8 Å². The first kappa shape index (κ1) is 22.4. The average Bonchev–Trinajstić information content (AvgIpc) is 3.25. The number of nitrogens with one attached hydrogen (secondary N) is 1. The van der Waals surface area contributed by atoms with Crippen molar-refractivity contribution < 1.29 is 27.0 Å². The van der Waals surface area contributed by atoms with Gasteiger partial charge >= 0.3 is 0 Å². The van der Waals surface area contributed by atoms with Gasteiger partial charge < -0.3 is 14.2 Å². The van der Waals surface area contributed by atoms with Gasteiger partial charge in [-0.1, -0.05) is 12.1 Å². The van der Waals surface area contributed by atoms with Gasteiger partial charge in [-0.3, -0.25) is 0 Å². The lowest BCUT2D eigenvalue weighted by Crippen LogP contribution is -2.28. The van der Waals surface area contributed by atoms with Crippen LogP contribution >= 0.6 is 0 Å². The normalized spacial score (nSPS) is 11.5. The van der Waals surface area contributed by atoms with Crippen LogP contribution in [0.25, 0.3) is 17.0 Å². The predicted octanol–water partition coefficient (Wildman–Crippen LogP) is 2.30. The lowest BCUT2D eigenvalue weighted by atomic mass is 10.2. The van der Waals surface area contributed by atoms with E-state index in [1.165, 1.54) is 17.7 Å². The zero-order chi connectivity index (χ0) is 23.4. The Morgan fingerprint density at radius 1 is 1.03 bits per heavy atom. The van der Waals surface area contributed by atoms with E-state index in [-0.39, 0.29) is 29.7 Å². The number of rotatable bonds is 9. The van der Waals surface area contributed by atoms with Crippen LogP contribution < -0.4 is 18.9 Å². The van der Waals surface area contributed by atoms with Gasteiger partial charge in [0.05, 0.1) is 14.2 Å². The number of nitrogens with zero attached hydrogens (tertiary/aromatic N) is 4. The zero-order valence-electron chi connectivity index (χ0n) is 17.7. The summed E-state index contributed by atoms with van der Waals surface area (Å²) in [6.45, 7) is -0.0986. The van der Waals surface area contributed by atoms with Crippen molar-refractivity contribution in [2.45, 2.75) is 4.90 Å². The summed E-state index contributed by atoms with van der Waals surface area (Å²) in [4.78, 5) is -0.294. The van der Waals surface area contributed by atoms with Crippen LogP contribution in [-0.4, -0.2) is 55.6 Å². The molecule has 0 unspecified atom stereocenters. The molecule has 12 heteroatoms. The van der Waals surface area contributed by atoms with Crippen molar-refractivity contribution in [2.75, 3.05) is 27.4 Å². The first-order valence-corrected chi connectivity index (χ1v) is 11.2. The van der Waals surface area contributed by atoms with Gasteiger partial charge in [0.1, 0.15) is 28.8 Å². The summed E-state index contributed by atoms with van der Waals surface area (Å²) in [5.41, 5.74) is 1.27. The minimum Gasteiger partial charge on any atom is -0.497 e. The van der Waals surface area contributed by atoms with Crippen LogP contribution in [0, 0.1) is 5.82 Å². The Kier molecular flexibility index (Phi) is 6.38. The highest BCUT2D eigenvalue weighted by atomic mass is 32.2. The third-order valence-corrected chi connectivity index (χ3v) is 6.11. The number of halogens is 1. The smallest absolute Gasteiger partial charge is 0.244 e. The van der Waals surface area contributed by atoms with E-state index in [9.17, 15) is 12.8 Å². The molecule has 2 heterocycles. The highest BCUT2D eigenvalue weighted by Gasteiger charge is 2.20. The molecule has 10 nitrogen and oxygen atoms in total. The molecule has 33 heavy (non-hydrogen) atoms. The predicted molar refractivity (Wildman–Crippen MR) is 116 cm³/mol. The molecule has 0 aliphatic heterocycles. The van der Waals surface area contributed by atoms with E-state index in [1.807, 2.05) is 18.2 Å². The Morgan fingerprint density at radius 2 is 1.88 bits per heavy atom. The molecular weight excluding hydrogens is 453 g/mol. The highest BCUT2D eigenvalue weighted by Crippen LogP contribution is 2.25. The SMILES string of the molecule is COc1cccc(-c2nnc3ccc(OCCNS(=O)(=O)c4cc(F)ccc4OC)nn23)c1. The van der Waals surface area contributed by atoms with Gasteiger partial charge in [0.15, 0.2) is 11.5 Å². The third-order valence-electron chi connectivity index (χ3n) is 4.63. The molecule has 0 saturated carbocycles. The molecule has 0 spiro atoms. The second-order valence-corrected chi connectivity index (χ2v) is 8.47. The van der Waals surface area contributed by atoms with Gasteiger partial charge in [0.2, 0.25) is 15.9 Å². The molecule has 2 aromatic carbocycles. The number of hydrogen-bond acceptors (Lipinski definition) is 8. The molecule has 4 rings (SSSR count). The van der Waals surface area contributed by atoms with Crippen molar-refractivity contribution >= 4 is 15.7 Å². The van der Waals surface area contributed by atoms with Crippen molar-refractivity contribution in [3.05, 3.63) is 60.4 Å². The maximum atomic E-state index is 13.5. The number of ether oxygens (including phenoxy) is 3. The molecule has 0 amide bonds. The van der Waals surface area contributed by atoms with Gasteiger partial charge in [0, 0.05) is 18.2 Å². The molecule has 0 radical (unpaired) electrons. The fourth-order valence-electron chi connectivity index (χ4n) is 3.06. The lowest BCUT2D eigenvalue weighted by Gasteiger charge is -2.11. The number of benzene rings is 2. The molecule has 0 bridgehead atoms. The number of aromatic nitrogens is 4. The number of fused-ring (bicyclic) bond motifs is 1. The van der Waals surface area contributed by atoms with Gasteiger partial charge in [-0.2, -0.15) is 4.52 Å². The Bertz CT molecular complexity index is 1390. The van der Waals surface area contributed by atoms with E-state index in [1.54, 1.807) is 25.3 Å². The van der Waals surface area contributed by atoms with E-state index in [0.717, 1.165) is 17.7 Å². The Hall–Kier alpha value is -3.77. The van der Waals surface area contributed by atoms with Crippen LogP contribution in [-0.2, 0) is 10.0 Å². The van der Waals surface area contributed by atoms with Crippen LogP contribution in [0.2, 0.25) is 0 Å². The van der Waals surface area contributed by atoms with Crippen molar-refractivity contribution in [2.24, 2.45) is 0 Å². The van der Waals surface area contributed by atoms with E-state index in [4.69, 9.17) is 14.2 Å². The standard InChI is InChI=1S/C21H20FN5O5S/c1-30-16-5-3-4-14(12-16)21-25-24-19-8-9-20(26-27(19)21)32-11-10-23-33(28,29)18-13-15(22)6-7-17(18)31-2/h3-9,12-13,23H,10-11H2,1-2H3. The summed E-state index contributed by atoms with van der Waals surface area (Å²) in [5.74, 6) is 0.751. The van der Waals surface area contributed by atoms with Crippen LogP contribution in [0.5, 0.6) is 17.4 Å². The van der Waals surface area contributed by atoms with E-state index in [0.29, 0.717) is 17.2 Å². The average molecular weight is 473 g/mol. The second kappa shape index (κ2) is 9.38. The monoisotopic (exact) mass is 473 g/mol. The summed E-state index contributed by atoms with van der Waals surface area (Å²) < 4.78 is 58.3. The Morgan fingerprint density at radius 3 is 2.67 bits per heavy atom. The van der Waals surface area contributed by atoms with Crippen LogP contribution in [0.4, 0.5) is 4.39 Å². The summed E-state index contributed by atoms with van der Waals surface area (Å²) in [5, 5.41) is 12.7. The van der Waals surface area contributed by atoms with Crippen molar-refractivity contribution in [3.8, 4) is 28.8 Å². The minimum absolute atomic E-state index is 0.0218. The number of hydrogen-bond donors (Lipinski definition) is 1. The van der Waals surface area contributed by atoms with Gasteiger partial charge in [-0.15, -0.1) is 15.3 Å². The molecule has 0 aliphatic rings. The Labute approximate surface area is 189 Å². The maximum absolute atomic E-state index is 13.5. The number of sulfonamides is 1. The largest absolute Gasteiger partial charge is 0.497 e. The molecule has 0 fully saturated rings. The summed E-state index contributed by atoms with van der Waals surface area (Å²) in [6, 6.07) is 13.8. The molecule has 2 aromatic heterocycles. The summed E-state index contributed by atoms with van der Waals surface area (Å²) >= 11 is 0. The third kappa shape index (κ3) is 4.86. The first-order chi connectivity index (χ1) is 15.9. The van der Waals surface area contributed by atoms with Crippen molar-refractivity contribution in [3.63, 3.8) is 0 Å². The molecule has 0 aliphatic carbocycles. The van der Waals surface area contributed by atoms with E-state index >= 15 is 0 Å². The highest BCUT2D eigenvalue weighted by molar-refractivity contribution is 7.89. The van der Waals surface area contributed by atoms with Crippen LogP contribution in [0.3, 0.4) is 0 Å². The topological polar surface area (TPSA) is 117 Å². The molecule has 0 saturated heterocycles. The quantitative estimate of drug-likeness (QED) is 0.368. The molecule has 4 aromatic rings. The van der Waals surface area contributed by atoms with Crippen molar-refractivity contribution in [1.82, 2.24) is 24.5 Å². The maximum Gasteiger partial charge on any atom is 0.244 e. The minimum atomic E-state index is -4.01. The molecule has 172 valence electrons. The summed E-state index contributed by atoms with van der Waals surface area (Å²) in [7, 11) is -1.13. The van der Waals surface area contributed by atoms with Crippen molar-refractivity contribution in [1.29, 1.82) is 0 Å². The second-order valence-electron chi connectivity index (χ2n) is 6.74.